The highest BCUT2D eigenvalue weighted by atomic mass is 14.6. The van der Waals surface area contributed by atoms with E-state index >= 15 is 0 Å². The average molecular weight is 52.1 g/mol. The molecule has 2 saturated carbocycles. The zero-order valence-corrected chi connectivity index (χ0v) is 2.31. The van der Waals surface area contributed by atoms with Crippen molar-refractivity contribution in [2.45, 2.75) is 0 Å². The second-order valence-corrected chi connectivity index (χ2v) is 1.54. The second-order valence-electron chi connectivity index (χ2n) is 1.54. The van der Waals surface area contributed by atoms with Crippen LogP contribution in [0.15, 0.2) is 0 Å². The number of fused-ring (bicyclic) bond motifs is 1. The molecule has 0 aromatic carbocycles. The first-order chi connectivity index (χ1) is 1.97. The Morgan fingerprint density at radius 2 is 1.25 bits per heavy atom. The van der Waals surface area contributed by atoms with Crippen LogP contribution in [-0.4, -0.2) is 0 Å². The van der Waals surface area contributed by atoms with E-state index in [1.54, 1.807) is 0 Å². The molecule has 2 fully saturated rings. The Kier molecular flexibility index (Phi) is 0.0675. The number of rotatable bonds is 0. The Morgan fingerprint density at radius 1 is 1.00 bits per heavy atom. The van der Waals surface area contributed by atoms with Crippen LogP contribution in [0.1, 0.15) is 0 Å². The van der Waals surface area contributed by atoms with Crippen molar-refractivity contribution >= 4 is 0 Å². The van der Waals surface area contributed by atoms with E-state index in [2.05, 4.69) is 12.8 Å². The molecule has 0 amide bonds. The van der Waals surface area contributed by atoms with Crippen molar-refractivity contribution in [2.75, 3.05) is 0 Å². The lowest BCUT2D eigenvalue weighted by Gasteiger charge is -1.59. The maximum atomic E-state index is 2.33. The minimum absolute atomic E-state index is 1.000. The summed E-state index contributed by atoms with van der Waals surface area (Å²) in [6, 6.07) is 0. The van der Waals surface area contributed by atoms with Crippen LogP contribution in [0.3, 0.4) is 0 Å². The van der Waals surface area contributed by atoms with Gasteiger partial charge in [0.15, 0.2) is 0 Å². The quantitative estimate of drug-likeness (QED) is 0.379. The summed E-state index contributed by atoms with van der Waals surface area (Å²) in [5.74, 6) is 2.00. The van der Waals surface area contributed by atoms with Crippen LogP contribution >= 0.6 is 0 Å². The molecule has 2 aliphatic rings. The van der Waals surface area contributed by atoms with E-state index in [0.29, 0.717) is 0 Å². The monoisotopic (exact) mass is 52.0 g/mol. The molecule has 4 heavy (non-hydrogen) atoms. The smallest absolute Gasteiger partial charge is 0.0312 e. The Morgan fingerprint density at radius 3 is 1.25 bits per heavy atom. The normalized spacial score (nSPS) is 66.0. The van der Waals surface area contributed by atoms with Gasteiger partial charge in [0, 0.05) is 0 Å². The molecule has 0 bridgehead atoms. The second kappa shape index (κ2) is 0.188. The molecular weight excluding hydrogens is 48.0 g/mol. The molecule has 0 atom stereocenters. The van der Waals surface area contributed by atoms with E-state index in [0.717, 1.165) is 11.8 Å². The molecule has 0 aromatic rings. The summed E-state index contributed by atoms with van der Waals surface area (Å²) >= 11 is 0. The molecule has 0 N–H and O–H groups in total. The SMILES string of the molecule is [CH]1C2[CH]C12. The Hall–Kier alpha value is 0. The molecule has 0 spiro atoms. The maximum absolute atomic E-state index is 2.33. The van der Waals surface area contributed by atoms with E-state index in [-0.39, 0.29) is 0 Å². The van der Waals surface area contributed by atoms with Gasteiger partial charge < -0.3 is 0 Å². The summed E-state index contributed by atoms with van der Waals surface area (Å²) in [5, 5.41) is 0. The third kappa shape index (κ3) is 0.0312. The maximum Gasteiger partial charge on any atom is -0.0312 e. The van der Waals surface area contributed by atoms with Gasteiger partial charge in [0.25, 0.3) is 0 Å². The van der Waals surface area contributed by atoms with Gasteiger partial charge in [0.1, 0.15) is 0 Å². The zero-order valence-electron chi connectivity index (χ0n) is 2.31. The summed E-state index contributed by atoms with van der Waals surface area (Å²) in [4.78, 5) is 0. The molecule has 2 aliphatic carbocycles. The van der Waals surface area contributed by atoms with Crippen LogP contribution in [0, 0.1) is 24.7 Å². The fraction of sp³-hybridized carbons (Fsp3) is 0.500. The van der Waals surface area contributed by atoms with Gasteiger partial charge in [-0.25, -0.2) is 0 Å². The van der Waals surface area contributed by atoms with Crippen molar-refractivity contribution < 1.29 is 0 Å². The third-order valence-electron chi connectivity index (χ3n) is 1.05. The van der Waals surface area contributed by atoms with Crippen molar-refractivity contribution in [1.82, 2.24) is 0 Å². The fourth-order valence-corrected chi connectivity index (χ4v) is 0.368. The van der Waals surface area contributed by atoms with E-state index < -0.39 is 0 Å². The molecule has 0 unspecified atom stereocenters. The third-order valence-corrected chi connectivity index (χ3v) is 1.05. The average Bonchev–Trinajstić information content (AvgIpc) is 1.36. The molecule has 2 radical (unpaired) electrons. The van der Waals surface area contributed by atoms with Gasteiger partial charge in [-0.3, -0.25) is 0 Å². The van der Waals surface area contributed by atoms with Crippen LogP contribution in [0.25, 0.3) is 0 Å². The van der Waals surface area contributed by atoms with Crippen molar-refractivity contribution in [1.29, 1.82) is 0 Å². The molecule has 0 nitrogen and oxygen atoms in total. The molecule has 0 aliphatic heterocycles. The van der Waals surface area contributed by atoms with E-state index in [1.807, 2.05) is 0 Å². The molecular formula is C4H4. The van der Waals surface area contributed by atoms with Crippen LogP contribution < -0.4 is 0 Å². The summed E-state index contributed by atoms with van der Waals surface area (Å²) < 4.78 is 0. The van der Waals surface area contributed by atoms with Gasteiger partial charge in [-0.2, -0.15) is 0 Å². The molecule has 2 rings (SSSR count). The first-order valence-corrected chi connectivity index (χ1v) is 1.67. The first kappa shape index (κ1) is 1.44. The number of hydrogen-bond acceptors (Lipinski definition) is 0. The molecule has 20 valence electrons. The molecule has 0 saturated heterocycles. The Labute approximate surface area is 25.8 Å². The van der Waals surface area contributed by atoms with Gasteiger partial charge in [-0.15, -0.1) is 0 Å². The van der Waals surface area contributed by atoms with Crippen molar-refractivity contribution in [3.8, 4) is 0 Å². The lowest BCUT2D eigenvalue weighted by Crippen LogP contribution is -1.51. The largest absolute Gasteiger partial charge is 0.0312 e. The Balaban J connectivity index is 2.48. The van der Waals surface area contributed by atoms with Crippen molar-refractivity contribution in [2.24, 2.45) is 11.8 Å². The summed E-state index contributed by atoms with van der Waals surface area (Å²) in [6.07, 6.45) is 4.67. The summed E-state index contributed by atoms with van der Waals surface area (Å²) in [5.41, 5.74) is 0. The highest BCUT2D eigenvalue weighted by Crippen LogP contribution is 2.59. The van der Waals surface area contributed by atoms with Gasteiger partial charge in [0.2, 0.25) is 0 Å². The molecule has 0 aromatic heterocycles. The van der Waals surface area contributed by atoms with Crippen molar-refractivity contribution in [3.05, 3.63) is 12.8 Å². The van der Waals surface area contributed by atoms with Gasteiger partial charge in [-0.05, 0) is 24.7 Å². The minimum atomic E-state index is 1.000. The van der Waals surface area contributed by atoms with Crippen molar-refractivity contribution in [3.63, 3.8) is 0 Å². The zero-order chi connectivity index (χ0) is 2.57. The van der Waals surface area contributed by atoms with E-state index in [9.17, 15) is 0 Å². The van der Waals surface area contributed by atoms with Crippen LogP contribution in [0.4, 0.5) is 0 Å². The Bertz CT molecular complexity index is 36.0. The first-order valence-electron chi connectivity index (χ1n) is 1.67. The topological polar surface area (TPSA) is 0 Å². The van der Waals surface area contributed by atoms with E-state index in [4.69, 9.17) is 0 Å². The number of hydrogen-bond donors (Lipinski definition) is 0. The molecule has 0 heteroatoms. The highest BCUT2D eigenvalue weighted by Gasteiger charge is 2.53. The van der Waals surface area contributed by atoms with E-state index in [1.165, 1.54) is 0 Å². The van der Waals surface area contributed by atoms with Gasteiger partial charge >= 0.3 is 0 Å². The van der Waals surface area contributed by atoms with Crippen LogP contribution in [0.2, 0.25) is 0 Å². The predicted octanol–water partition coefficient (Wildman–Crippen LogP) is 0.655. The van der Waals surface area contributed by atoms with Gasteiger partial charge in [-0.1, -0.05) is 0 Å². The lowest BCUT2D eigenvalue weighted by atomic mass is 10.5. The summed E-state index contributed by atoms with van der Waals surface area (Å²) in [6.45, 7) is 0. The standard InChI is InChI=1S/C4H4/c1-3-2-4(1)3/h1-4H. The summed E-state index contributed by atoms with van der Waals surface area (Å²) in [7, 11) is 0. The van der Waals surface area contributed by atoms with Crippen LogP contribution in [0.5, 0.6) is 0 Å². The molecule has 0 heterocycles. The fourth-order valence-electron chi connectivity index (χ4n) is 0.368. The lowest BCUT2D eigenvalue weighted by molar-refractivity contribution is 1.34. The highest BCUT2D eigenvalue weighted by molar-refractivity contribution is 5.34. The van der Waals surface area contributed by atoms with Gasteiger partial charge in [0.05, 0.1) is 0 Å². The predicted molar refractivity (Wildman–Crippen MR) is 15.6 cm³/mol. The minimum Gasteiger partial charge on any atom is -0.0312 e. The van der Waals surface area contributed by atoms with Crippen LogP contribution in [-0.2, 0) is 0 Å².